The van der Waals surface area contributed by atoms with E-state index in [2.05, 4.69) is 17.9 Å². The first-order valence-corrected chi connectivity index (χ1v) is 5.53. The number of nitrogens with zero attached hydrogens (tertiary/aromatic N) is 1. The topological polar surface area (TPSA) is 49.4 Å². The third-order valence-electron chi connectivity index (χ3n) is 2.18. The van der Waals surface area contributed by atoms with Gasteiger partial charge in [0.05, 0.1) is 0 Å². The first-order chi connectivity index (χ1) is 6.75. The molecule has 0 aliphatic carbocycles. The molecule has 1 aliphatic rings. The number of nitrogens with one attached hydrogen (secondary N) is 1. The molecule has 0 spiro atoms. The minimum absolute atomic E-state index is 0.0239. The van der Waals surface area contributed by atoms with Crippen LogP contribution in [0.3, 0.4) is 0 Å². The molecule has 0 aromatic carbocycles. The monoisotopic (exact) mass is 216 g/mol. The van der Waals surface area contributed by atoms with Crippen LogP contribution in [-0.4, -0.2) is 42.1 Å². The van der Waals surface area contributed by atoms with E-state index in [1.807, 2.05) is 0 Å². The highest BCUT2D eigenvalue weighted by atomic mass is 32.1. The van der Waals surface area contributed by atoms with Crippen molar-refractivity contribution in [1.82, 2.24) is 10.2 Å². The summed E-state index contributed by atoms with van der Waals surface area (Å²) in [5.74, 6) is 0.759. The van der Waals surface area contributed by atoms with Gasteiger partial charge >= 0.3 is 0 Å². The second-order valence-corrected chi connectivity index (χ2v) is 3.71. The van der Waals surface area contributed by atoms with Crippen molar-refractivity contribution in [2.24, 2.45) is 0 Å². The molecule has 0 unspecified atom stereocenters. The number of hydrogen-bond acceptors (Lipinski definition) is 4. The van der Waals surface area contributed by atoms with Crippen molar-refractivity contribution in [1.29, 1.82) is 0 Å². The van der Waals surface area contributed by atoms with E-state index in [0.29, 0.717) is 19.4 Å². The molecular weight excluding hydrogens is 200 g/mol. The summed E-state index contributed by atoms with van der Waals surface area (Å²) in [6.45, 7) is 2.25. The van der Waals surface area contributed by atoms with E-state index in [1.54, 1.807) is 0 Å². The summed E-state index contributed by atoms with van der Waals surface area (Å²) in [5.41, 5.74) is 0. The van der Waals surface area contributed by atoms with E-state index in [9.17, 15) is 9.59 Å². The molecule has 80 valence electrons. The third kappa shape index (κ3) is 3.31. The lowest BCUT2D eigenvalue weighted by molar-refractivity contribution is -0.138. The fraction of sp³-hybridized carbons (Fsp3) is 0.778. The summed E-state index contributed by atoms with van der Waals surface area (Å²) in [6, 6.07) is 0. The largest absolute Gasteiger partial charge is 0.316 e. The second kappa shape index (κ2) is 6.03. The van der Waals surface area contributed by atoms with Crippen LogP contribution in [0.4, 0.5) is 0 Å². The van der Waals surface area contributed by atoms with E-state index in [-0.39, 0.29) is 11.8 Å². The van der Waals surface area contributed by atoms with Crippen LogP contribution in [0.1, 0.15) is 19.3 Å². The number of carbonyl (C=O) groups is 2. The summed E-state index contributed by atoms with van der Waals surface area (Å²) >= 11 is 4.06. The number of rotatable bonds is 6. The third-order valence-corrected chi connectivity index (χ3v) is 2.40. The Balaban J connectivity index is 2.11. The molecule has 0 atom stereocenters. The molecule has 0 radical (unpaired) electrons. The molecule has 1 saturated heterocycles. The van der Waals surface area contributed by atoms with Crippen molar-refractivity contribution in [2.75, 3.05) is 25.4 Å². The first kappa shape index (κ1) is 11.5. The normalized spacial score (nSPS) is 16.8. The van der Waals surface area contributed by atoms with Crippen LogP contribution in [0.25, 0.3) is 0 Å². The molecule has 1 N–H and O–H groups in total. The Labute approximate surface area is 89.4 Å². The van der Waals surface area contributed by atoms with E-state index in [4.69, 9.17) is 0 Å². The van der Waals surface area contributed by atoms with E-state index in [0.717, 1.165) is 25.3 Å². The number of carbonyl (C=O) groups excluding carboxylic acids is 2. The molecule has 0 bridgehead atoms. The fourth-order valence-corrected chi connectivity index (χ4v) is 1.60. The highest BCUT2D eigenvalue weighted by molar-refractivity contribution is 7.80. The molecule has 0 saturated carbocycles. The van der Waals surface area contributed by atoms with Crippen LogP contribution in [-0.2, 0) is 9.59 Å². The van der Waals surface area contributed by atoms with E-state index >= 15 is 0 Å². The van der Waals surface area contributed by atoms with E-state index in [1.165, 1.54) is 4.90 Å². The van der Waals surface area contributed by atoms with Gasteiger partial charge in [-0.05, 0) is 13.0 Å². The lowest BCUT2D eigenvalue weighted by atomic mass is 10.4. The smallest absolute Gasteiger partial charge is 0.229 e. The zero-order valence-corrected chi connectivity index (χ0v) is 9.06. The van der Waals surface area contributed by atoms with Crippen LogP contribution in [0.15, 0.2) is 0 Å². The van der Waals surface area contributed by atoms with Gasteiger partial charge in [0.2, 0.25) is 11.8 Å². The summed E-state index contributed by atoms with van der Waals surface area (Å²) < 4.78 is 0. The lowest BCUT2D eigenvalue weighted by Gasteiger charge is -2.13. The summed E-state index contributed by atoms with van der Waals surface area (Å²) in [4.78, 5) is 23.7. The number of imide groups is 1. The highest BCUT2D eigenvalue weighted by Crippen LogP contribution is 2.11. The van der Waals surface area contributed by atoms with Crippen molar-refractivity contribution in [3.05, 3.63) is 0 Å². The molecule has 2 amide bonds. The van der Waals surface area contributed by atoms with Crippen molar-refractivity contribution in [3.63, 3.8) is 0 Å². The van der Waals surface area contributed by atoms with Gasteiger partial charge < -0.3 is 5.32 Å². The zero-order valence-electron chi connectivity index (χ0n) is 8.16. The minimum atomic E-state index is -0.0239. The zero-order chi connectivity index (χ0) is 10.4. The van der Waals surface area contributed by atoms with Gasteiger partial charge in [-0.25, -0.2) is 0 Å². The number of hydrogen-bond donors (Lipinski definition) is 2. The summed E-state index contributed by atoms with van der Waals surface area (Å²) in [5, 5.41) is 3.16. The molecule has 1 rings (SSSR count). The van der Waals surface area contributed by atoms with Gasteiger partial charge in [0.1, 0.15) is 0 Å². The van der Waals surface area contributed by atoms with Crippen molar-refractivity contribution in [3.8, 4) is 0 Å². The summed E-state index contributed by atoms with van der Waals surface area (Å²) in [6.07, 6.45) is 1.61. The number of amides is 2. The molecule has 4 nitrogen and oxygen atoms in total. The van der Waals surface area contributed by atoms with Gasteiger partial charge in [-0.15, -0.1) is 0 Å². The van der Waals surface area contributed by atoms with Gasteiger partial charge in [-0.1, -0.05) is 0 Å². The standard InChI is InChI=1S/C9H16N2O2S/c12-8-2-3-9(13)11(8)6-1-4-10-5-7-14/h10,14H,1-7H2. The number of thiol groups is 1. The lowest BCUT2D eigenvalue weighted by Crippen LogP contribution is -2.32. The maximum atomic E-state index is 11.2. The van der Waals surface area contributed by atoms with E-state index < -0.39 is 0 Å². The second-order valence-electron chi connectivity index (χ2n) is 3.27. The minimum Gasteiger partial charge on any atom is -0.316 e. The molecule has 1 fully saturated rings. The molecule has 0 aromatic rings. The van der Waals surface area contributed by atoms with Crippen LogP contribution in [0.2, 0.25) is 0 Å². The average Bonchev–Trinajstić information content (AvgIpc) is 2.48. The molecular formula is C9H16N2O2S. The Kier molecular flexibility index (Phi) is 4.97. The van der Waals surface area contributed by atoms with Gasteiger partial charge in [0, 0.05) is 31.7 Å². The van der Waals surface area contributed by atoms with Crippen molar-refractivity contribution < 1.29 is 9.59 Å². The fourth-order valence-electron chi connectivity index (χ4n) is 1.44. The first-order valence-electron chi connectivity index (χ1n) is 4.90. The predicted molar refractivity (Wildman–Crippen MR) is 57.3 cm³/mol. The Bertz CT molecular complexity index is 205. The Morgan fingerprint density at radius 3 is 2.43 bits per heavy atom. The maximum absolute atomic E-state index is 11.2. The van der Waals surface area contributed by atoms with Crippen LogP contribution < -0.4 is 5.32 Å². The molecule has 1 aliphatic heterocycles. The van der Waals surface area contributed by atoms with Gasteiger partial charge in [-0.3, -0.25) is 14.5 Å². The predicted octanol–water partition coefficient (Wildman–Crippen LogP) is 0.0449. The Hall–Kier alpha value is -0.550. The molecule has 0 aromatic heterocycles. The number of likely N-dealkylation sites (tertiary alicyclic amines) is 1. The Morgan fingerprint density at radius 1 is 1.21 bits per heavy atom. The quantitative estimate of drug-likeness (QED) is 0.374. The van der Waals surface area contributed by atoms with Gasteiger partial charge in [-0.2, -0.15) is 12.6 Å². The van der Waals surface area contributed by atoms with Gasteiger partial charge in [0.15, 0.2) is 0 Å². The highest BCUT2D eigenvalue weighted by Gasteiger charge is 2.27. The SMILES string of the molecule is O=C1CCC(=O)N1CCCNCCS. The molecule has 14 heavy (non-hydrogen) atoms. The van der Waals surface area contributed by atoms with Crippen molar-refractivity contribution >= 4 is 24.4 Å². The average molecular weight is 216 g/mol. The maximum Gasteiger partial charge on any atom is 0.229 e. The van der Waals surface area contributed by atoms with Crippen LogP contribution in [0.5, 0.6) is 0 Å². The summed E-state index contributed by atoms with van der Waals surface area (Å²) in [7, 11) is 0. The Morgan fingerprint density at radius 2 is 1.86 bits per heavy atom. The van der Waals surface area contributed by atoms with Crippen LogP contribution in [0, 0.1) is 0 Å². The molecule has 5 heteroatoms. The van der Waals surface area contributed by atoms with Gasteiger partial charge in [0.25, 0.3) is 0 Å². The van der Waals surface area contributed by atoms with Crippen LogP contribution >= 0.6 is 12.6 Å². The van der Waals surface area contributed by atoms with Crippen molar-refractivity contribution in [2.45, 2.75) is 19.3 Å². The molecule has 1 heterocycles.